The maximum absolute atomic E-state index is 15.0. The number of nitrogen functional groups attached to an aromatic ring is 1. The Bertz CT molecular complexity index is 1930. The number of esters is 1. The predicted octanol–water partition coefficient (Wildman–Crippen LogP) is 7.27. The van der Waals surface area contributed by atoms with E-state index in [4.69, 9.17) is 33.7 Å². The number of unbranched alkanes of at least 4 members (excludes halogenated alkanes) is 3. The lowest BCUT2D eigenvalue weighted by atomic mass is 9.87. The summed E-state index contributed by atoms with van der Waals surface area (Å²) < 4.78 is 54.5. The molecule has 0 bridgehead atoms. The third-order valence-corrected chi connectivity index (χ3v) is 11.5. The van der Waals surface area contributed by atoms with E-state index in [0.717, 1.165) is 36.8 Å². The topological polar surface area (TPSA) is 158 Å². The third-order valence-electron chi connectivity index (χ3n) is 9.90. The Morgan fingerprint density at radius 2 is 1.74 bits per heavy atom. The molecule has 2 fully saturated rings. The minimum Gasteiger partial charge on any atom is -0.465 e. The average Bonchev–Trinajstić information content (AvgIpc) is 3.78. The summed E-state index contributed by atoms with van der Waals surface area (Å²) in [6.45, 7) is 14.0. The summed E-state index contributed by atoms with van der Waals surface area (Å²) in [5.41, 5.74) is 8.17. The van der Waals surface area contributed by atoms with Gasteiger partial charge in [-0.3, -0.25) is 9.32 Å². The molecule has 2 aliphatic heterocycles. The Balaban J connectivity index is 1.29. The number of anilines is 1. The number of fused-ring (bicyclic) bond motifs is 2. The van der Waals surface area contributed by atoms with E-state index < -0.39 is 49.5 Å². The predicted molar refractivity (Wildman–Crippen MR) is 205 cm³/mol. The molecule has 0 saturated carbocycles. The molecular weight excluding hydrogens is 709 g/mol. The molecule has 3 N–H and O–H groups in total. The molecule has 54 heavy (non-hydrogen) atoms. The normalized spacial score (nSPS) is 23.9. The molecule has 0 aliphatic carbocycles. The number of benzene rings is 2. The van der Waals surface area contributed by atoms with Crippen molar-refractivity contribution in [3.05, 3.63) is 89.9 Å². The van der Waals surface area contributed by atoms with Crippen LogP contribution in [-0.4, -0.2) is 63.9 Å². The second-order valence-corrected chi connectivity index (χ2v) is 17.4. The van der Waals surface area contributed by atoms with Crippen molar-refractivity contribution in [2.24, 2.45) is 0 Å². The number of aromatic nitrogens is 3. The first-order valence-electron chi connectivity index (χ1n) is 18.8. The molecule has 14 heteroatoms. The van der Waals surface area contributed by atoms with Crippen LogP contribution in [0.5, 0.6) is 5.75 Å². The Labute approximate surface area is 317 Å². The van der Waals surface area contributed by atoms with E-state index in [1.54, 1.807) is 16.6 Å². The van der Waals surface area contributed by atoms with Gasteiger partial charge < -0.3 is 29.2 Å². The van der Waals surface area contributed by atoms with E-state index in [1.807, 2.05) is 75.4 Å². The van der Waals surface area contributed by atoms with Crippen molar-refractivity contribution in [1.82, 2.24) is 19.7 Å². The SMILES string of the molecule is CCCCCCOC(=O)[C@H](Cc1ccccc1)NP(=O)(OC[C@H]1O[C@@](C)(c2ccc3c(N)ncnn23)[C@@H]2OC(C)(C)O[C@@H]21)Oc1ccc(C(C)(C)C)cc1. The maximum Gasteiger partial charge on any atom is 0.459 e. The average molecular weight is 764 g/mol. The van der Waals surface area contributed by atoms with Gasteiger partial charge in [-0.05, 0) is 74.4 Å². The van der Waals surface area contributed by atoms with Crippen LogP contribution in [0.2, 0.25) is 0 Å². The van der Waals surface area contributed by atoms with Crippen LogP contribution in [0.25, 0.3) is 5.52 Å². The molecule has 4 aromatic rings. The number of nitrogens with two attached hydrogens (primary N) is 1. The number of ether oxygens (including phenoxy) is 4. The third kappa shape index (κ3) is 8.99. The number of nitrogens with one attached hydrogen (secondary N) is 1. The van der Waals surface area contributed by atoms with Gasteiger partial charge in [0.25, 0.3) is 0 Å². The molecule has 2 aromatic carbocycles. The van der Waals surface area contributed by atoms with Gasteiger partial charge >= 0.3 is 13.7 Å². The van der Waals surface area contributed by atoms with Gasteiger partial charge in [-0.15, -0.1) is 0 Å². The lowest BCUT2D eigenvalue weighted by molar-refractivity contribution is -0.211. The molecule has 0 spiro atoms. The van der Waals surface area contributed by atoms with Gasteiger partial charge in [-0.25, -0.2) is 14.1 Å². The maximum atomic E-state index is 15.0. The van der Waals surface area contributed by atoms with Crippen LogP contribution in [0.4, 0.5) is 5.82 Å². The highest BCUT2D eigenvalue weighted by Gasteiger charge is 2.62. The van der Waals surface area contributed by atoms with Crippen LogP contribution >= 0.6 is 7.75 Å². The molecule has 6 rings (SSSR count). The van der Waals surface area contributed by atoms with Crippen LogP contribution in [-0.2, 0) is 50.3 Å². The number of hydrogen-bond acceptors (Lipinski definition) is 11. The molecule has 6 atom stereocenters. The first-order chi connectivity index (χ1) is 25.6. The van der Waals surface area contributed by atoms with Gasteiger partial charge in [0.2, 0.25) is 0 Å². The van der Waals surface area contributed by atoms with Crippen molar-refractivity contribution in [2.45, 2.75) is 122 Å². The van der Waals surface area contributed by atoms with Gasteiger partial charge in [0.15, 0.2) is 11.6 Å². The Kier molecular flexibility index (Phi) is 11.9. The molecule has 2 aliphatic rings. The minimum atomic E-state index is -4.33. The summed E-state index contributed by atoms with van der Waals surface area (Å²) in [4.78, 5) is 17.8. The van der Waals surface area contributed by atoms with Crippen molar-refractivity contribution in [2.75, 3.05) is 18.9 Å². The fourth-order valence-electron chi connectivity index (χ4n) is 7.04. The lowest BCUT2D eigenvalue weighted by Crippen LogP contribution is -2.40. The summed E-state index contributed by atoms with van der Waals surface area (Å²) in [5, 5.41) is 7.42. The highest BCUT2D eigenvalue weighted by molar-refractivity contribution is 7.52. The van der Waals surface area contributed by atoms with E-state index in [0.29, 0.717) is 22.8 Å². The summed E-state index contributed by atoms with van der Waals surface area (Å²) in [6.07, 6.45) is 3.37. The zero-order valence-corrected chi connectivity index (χ0v) is 33.2. The summed E-state index contributed by atoms with van der Waals surface area (Å²) in [6, 6.07) is 19.4. The van der Waals surface area contributed by atoms with Crippen molar-refractivity contribution in [3.8, 4) is 5.75 Å². The molecule has 0 radical (unpaired) electrons. The van der Waals surface area contributed by atoms with E-state index in [9.17, 15) is 4.79 Å². The van der Waals surface area contributed by atoms with Crippen molar-refractivity contribution in [1.29, 1.82) is 0 Å². The van der Waals surface area contributed by atoms with Crippen LogP contribution in [0, 0.1) is 0 Å². The van der Waals surface area contributed by atoms with Crippen molar-refractivity contribution in [3.63, 3.8) is 0 Å². The molecule has 13 nitrogen and oxygen atoms in total. The fraction of sp³-hybridized carbons (Fsp3) is 0.525. The first-order valence-corrected chi connectivity index (χ1v) is 20.3. The minimum absolute atomic E-state index is 0.109. The summed E-state index contributed by atoms with van der Waals surface area (Å²) >= 11 is 0. The number of rotatable bonds is 16. The molecular formula is C40H54N5O8P. The number of hydrogen-bond donors (Lipinski definition) is 2. The first kappa shape index (κ1) is 39.8. The second kappa shape index (κ2) is 16.1. The van der Waals surface area contributed by atoms with Crippen LogP contribution in [0.15, 0.2) is 73.1 Å². The molecule has 4 heterocycles. The van der Waals surface area contributed by atoms with Gasteiger partial charge in [-0.1, -0.05) is 89.4 Å². The van der Waals surface area contributed by atoms with Gasteiger partial charge in [0, 0.05) is 0 Å². The van der Waals surface area contributed by atoms with Gasteiger partial charge in [-0.2, -0.15) is 10.2 Å². The van der Waals surface area contributed by atoms with Gasteiger partial charge in [0.1, 0.15) is 47.5 Å². The Morgan fingerprint density at radius 3 is 2.44 bits per heavy atom. The number of carbonyl (C=O) groups is 1. The Hall–Kier alpha value is -3.84. The second-order valence-electron chi connectivity index (χ2n) is 15.7. The van der Waals surface area contributed by atoms with Crippen LogP contribution < -0.4 is 15.3 Å². The zero-order chi connectivity index (χ0) is 38.7. The molecule has 1 unspecified atom stereocenters. The summed E-state index contributed by atoms with van der Waals surface area (Å²) in [7, 11) is -4.33. The largest absolute Gasteiger partial charge is 0.465 e. The fourth-order valence-corrected chi connectivity index (χ4v) is 8.54. The smallest absolute Gasteiger partial charge is 0.459 e. The van der Waals surface area contributed by atoms with E-state index >= 15 is 4.57 Å². The molecule has 292 valence electrons. The Morgan fingerprint density at radius 1 is 1.00 bits per heavy atom. The molecule has 2 saturated heterocycles. The monoisotopic (exact) mass is 763 g/mol. The van der Waals surface area contributed by atoms with Crippen LogP contribution in [0.3, 0.4) is 0 Å². The number of carbonyl (C=O) groups excluding carboxylic acids is 1. The molecule has 0 amide bonds. The van der Waals surface area contributed by atoms with E-state index in [1.165, 1.54) is 6.33 Å². The standard InChI is InChI=1S/C40H54N5O8P/c1-8-9-10-14-23-48-37(46)30(24-27-15-12-11-13-16-27)44-54(47,53-29-19-17-28(18-20-29)38(2,3)4)49-25-32-34-35(52-39(5,6)51-34)40(7,50-32)33-22-21-31-36(41)42-26-43-45(31)33/h11-13,15-22,26,30,32,34-35H,8-10,14,23-25H2,1-7H3,(H,44,47)(H2,41,42,43)/t30-,32+,34+,35+,40-,54?/m0/s1. The van der Waals surface area contributed by atoms with Crippen LogP contribution in [0.1, 0.15) is 91.0 Å². The van der Waals surface area contributed by atoms with Gasteiger partial charge in [0.05, 0.1) is 18.9 Å². The number of nitrogens with zero attached hydrogens (tertiary/aromatic N) is 3. The summed E-state index contributed by atoms with van der Waals surface area (Å²) in [5.74, 6) is -0.873. The van der Waals surface area contributed by atoms with E-state index in [-0.39, 0.29) is 25.0 Å². The highest BCUT2D eigenvalue weighted by atomic mass is 31.2. The quantitative estimate of drug-likeness (QED) is 0.0669. The lowest BCUT2D eigenvalue weighted by Gasteiger charge is -2.31. The molecule has 2 aromatic heterocycles. The zero-order valence-electron chi connectivity index (χ0n) is 32.3. The van der Waals surface area contributed by atoms with E-state index in [2.05, 4.69) is 42.9 Å². The van der Waals surface area contributed by atoms with Crippen molar-refractivity contribution >= 4 is 25.1 Å². The van der Waals surface area contributed by atoms with Crippen molar-refractivity contribution < 1.29 is 37.4 Å². The highest BCUT2D eigenvalue weighted by Crippen LogP contribution is 2.52.